The van der Waals surface area contributed by atoms with Gasteiger partial charge in [-0.15, -0.1) is 0 Å². The van der Waals surface area contributed by atoms with E-state index in [-0.39, 0.29) is 23.3 Å². The highest BCUT2D eigenvalue weighted by Gasteiger charge is 2.27. The summed E-state index contributed by atoms with van der Waals surface area (Å²) < 4.78 is 28.7. The van der Waals surface area contributed by atoms with Gasteiger partial charge in [-0.25, -0.2) is 8.42 Å². The summed E-state index contributed by atoms with van der Waals surface area (Å²) >= 11 is 0. The lowest BCUT2D eigenvalue weighted by atomic mass is 9.96. The molecule has 2 atom stereocenters. The van der Waals surface area contributed by atoms with E-state index in [2.05, 4.69) is 29.1 Å². The number of carbonyl (C=O) groups is 1. The highest BCUT2D eigenvalue weighted by molar-refractivity contribution is 7.89. The minimum atomic E-state index is -3.87. The molecule has 0 fully saturated rings. The van der Waals surface area contributed by atoms with E-state index in [4.69, 9.17) is 0 Å². The number of nitrogens with one attached hydrogen (secondary N) is 2. The molecule has 6 heteroatoms. The summed E-state index contributed by atoms with van der Waals surface area (Å²) in [5, 5.41) is 3.02. The molecular formula is C27H32N2O3S. The van der Waals surface area contributed by atoms with Gasteiger partial charge < -0.3 is 5.32 Å². The molecular weight excluding hydrogens is 432 g/mol. The van der Waals surface area contributed by atoms with Gasteiger partial charge >= 0.3 is 0 Å². The van der Waals surface area contributed by atoms with Crippen LogP contribution in [-0.4, -0.2) is 20.4 Å². The van der Waals surface area contributed by atoms with E-state index >= 15 is 0 Å². The monoisotopic (exact) mass is 464 g/mol. The molecule has 174 valence electrons. The van der Waals surface area contributed by atoms with Crippen molar-refractivity contribution in [2.24, 2.45) is 0 Å². The van der Waals surface area contributed by atoms with Crippen molar-refractivity contribution < 1.29 is 13.2 Å². The van der Waals surface area contributed by atoms with E-state index in [1.807, 2.05) is 58.0 Å². The average Bonchev–Trinajstić information content (AvgIpc) is 2.76. The van der Waals surface area contributed by atoms with Crippen molar-refractivity contribution in [3.8, 4) is 0 Å². The maximum atomic E-state index is 13.3. The van der Waals surface area contributed by atoms with Crippen LogP contribution in [0.3, 0.4) is 0 Å². The summed E-state index contributed by atoms with van der Waals surface area (Å²) in [4.78, 5) is 13.5. The topological polar surface area (TPSA) is 75.3 Å². The second kappa shape index (κ2) is 10.3. The Morgan fingerprint density at radius 3 is 2.09 bits per heavy atom. The van der Waals surface area contributed by atoms with Gasteiger partial charge in [0.05, 0.1) is 10.9 Å². The smallest absolute Gasteiger partial charge is 0.241 e. The Bertz CT molecular complexity index is 1220. The van der Waals surface area contributed by atoms with Crippen LogP contribution in [0.2, 0.25) is 0 Å². The van der Waals surface area contributed by atoms with Crippen LogP contribution in [0.5, 0.6) is 0 Å². The number of carbonyl (C=O) groups excluding carboxylic acids is 1. The predicted molar refractivity (Wildman–Crippen MR) is 133 cm³/mol. The molecule has 0 radical (unpaired) electrons. The molecule has 0 bridgehead atoms. The molecule has 0 aliphatic carbocycles. The van der Waals surface area contributed by atoms with E-state index in [1.165, 1.54) is 5.56 Å². The molecule has 0 aliphatic rings. The molecule has 0 saturated carbocycles. The number of hydrogen-bond donors (Lipinski definition) is 2. The molecule has 2 N–H and O–H groups in total. The average molecular weight is 465 g/mol. The standard InChI is InChI=1S/C27H32N2O3S/c1-18-11-13-24(14-12-18)33(31,32)29-26(17-23-9-7-6-8-10-23)27(30)28-22(5)25-16-20(3)19(2)15-21(25)4/h6-16,22,26,29H,17H2,1-5H3,(H,28,30)/t22-,26+/m0/s1. The quantitative estimate of drug-likeness (QED) is 0.508. The Morgan fingerprint density at radius 1 is 0.848 bits per heavy atom. The molecule has 0 spiro atoms. The number of amides is 1. The molecule has 33 heavy (non-hydrogen) atoms. The molecule has 0 saturated heterocycles. The summed E-state index contributed by atoms with van der Waals surface area (Å²) in [6.07, 6.45) is 0.246. The normalized spacial score (nSPS) is 13.4. The number of aryl methyl sites for hydroxylation is 4. The zero-order valence-corrected chi connectivity index (χ0v) is 20.7. The zero-order valence-electron chi connectivity index (χ0n) is 19.8. The number of sulfonamides is 1. The first kappa shape index (κ1) is 24.7. The molecule has 3 rings (SSSR count). The van der Waals surface area contributed by atoms with E-state index in [0.717, 1.165) is 27.8 Å². The number of hydrogen-bond acceptors (Lipinski definition) is 3. The fourth-order valence-electron chi connectivity index (χ4n) is 3.85. The van der Waals surface area contributed by atoms with Crippen LogP contribution in [0.4, 0.5) is 0 Å². The second-order valence-corrected chi connectivity index (χ2v) is 10.4. The summed E-state index contributed by atoms with van der Waals surface area (Å²) in [5.74, 6) is -0.361. The molecule has 1 amide bonds. The Kier molecular flexibility index (Phi) is 7.72. The number of rotatable bonds is 8. The molecule has 5 nitrogen and oxygen atoms in total. The predicted octanol–water partition coefficient (Wildman–Crippen LogP) is 4.69. The van der Waals surface area contributed by atoms with Gasteiger partial charge in [-0.1, -0.05) is 60.2 Å². The zero-order chi connectivity index (χ0) is 24.2. The molecule has 0 heterocycles. The van der Waals surface area contributed by atoms with Gasteiger partial charge in [0.1, 0.15) is 6.04 Å². The van der Waals surface area contributed by atoms with E-state index in [0.29, 0.717) is 0 Å². The van der Waals surface area contributed by atoms with Crippen LogP contribution in [0.1, 0.15) is 46.3 Å². The SMILES string of the molecule is Cc1ccc(S(=O)(=O)N[C@H](Cc2ccccc2)C(=O)N[C@@H](C)c2cc(C)c(C)cc2C)cc1. The Labute approximate surface area is 197 Å². The lowest BCUT2D eigenvalue weighted by Gasteiger charge is -2.23. The first-order valence-corrected chi connectivity index (χ1v) is 12.6. The summed E-state index contributed by atoms with van der Waals surface area (Å²) in [6, 6.07) is 19.0. The fourth-order valence-corrected chi connectivity index (χ4v) is 5.05. The van der Waals surface area contributed by atoms with Crippen molar-refractivity contribution in [2.75, 3.05) is 0 Å². The van der Waals surface area contributed by atoms with E-state index in [9.17, 15) is 13.2 Å². The van der Waals surface area contributed by atoms with Gasteiger partial charge in [-0.2, -0.15) is 4.72 Å². The summed E-state index contributed by atoms with van der Waals surface area (Å²) in [7, 11) is -3.87. The summed E-state index contributed by atoms with van der Waals surface area (Å²) in [6.45, 7) is 9.94. The van der Waals surface area contributed by atoms with Gasteiger partial charge in [-0.05, 0) is 81.0 Å². The van der Waals surface area contributed by atoms with E-state index < -0.39 is 16.1 Å². The lowest BCUT2D eigenvalue weighted by Crippen LogP contribution is -2.48. The molecule has 3 aromatic carbocycles. The van der Waals surface area contributed by atoms with Crippen molar-refractivity contribution in [2.45, 2.75) is 58.0 Å². The molecule has 0 aliphatic heterocycles. The van der Waals surface area contributed by atoms with Gasteiger partial charge in [0.25, 0.3) is 0 Å². The van der Waals surface area contributed by atoms with Crippen molar-refractivity contribution >= 4 is 15.9 Å². The Morgan fingerprint density at radius 2 is 1.45 bits per heavy atom. The van der Waals surface area contributed by atoms with Gasteiger partial charge in [0.15, 0.2) is 0 Å². The maximum absolute atomic E-state index is 13.3. The maximum Gasteiger partial charge on any atom is 0.241 e. The third-order valence-electron chi connectivity index (χ3n) is 5.94. The minimum absolute atomic E-state index is 0.136. The van der Waals surface area contributed by atoms with Crippen LogP contribution < -0.4 is 10.0 Å². The van der Waals surface area contributed by atoms with Crippen LogP contribution in [-0.2, 0) is 21.2 Å². The molecule has 0 aromatic heterocycles. The lowest BCUT2D eigenvalue weighted by molar-refractivity contribution is -0.123. The molecule has 0 unspecified atom stereocenters. The van der Waals surface area contributed by atoms with Crippen LogP contribution in [0.15, 0.2) is 71.6 Å². The van der Waals surface area contributed by atoms with Crippen LogP contribution in [0.25, 0.3) is 0 Å². The first-order valence-electron chi connectivity index (χ1n) is 11.1. The van der Waals surface area contributed by atoms with Gasteiger partial charge in [0, 0.05) is 0 Å². The Balaban J connectivity index is 1.86. The second-order valence-electron chi connectivity index (χ2n) is 8.70. The third-order valence-corrected chi connectivity index (χ3v) is 7.42. The summed E-state index contributed by atoms with van der Waals surface area (Å²) in [5.41, 5.74) is 6.29. The highest BCUT2D eigenvalue weighted by atomic mass is 32.2. The van der Waals surface area contributed by atoms with Crippen molar-refractivity contribution in [3.63, 3.8) is 0 Å². The fraction of sp³-hybridized carbons (Fsp3) is 0.296. The van der Waals surface area contributed by atoms with Gasteiger partial charge in [0.2, 0.25) is 15.9 Å². The van der Waals surface area contributed by atoms with Crippen LogP contribution in [0, 0.1) is 27.7 Å². The third kappa shape index (κ3) is 6.30. The minimum Gasteiger partial charge on any atom is -0.348 e. The van der Waals surface area contributed by atoms with Gasteiger partial charge in [-0.3, -0.25) is 4.79 Å². The Hall–Kier alpha value is -2.96. The van der Waals surface area contributed by atoms with Crippen molar-refractivity contribution in [3.05, 3.63) is 100 Å². The first-order chi connectivity index (χ1) is 15.6. The largest absolute Gasteiger partial charge is 0.348 e. The van der Waals surface area contributed by atoms with E-state index in [1.54, 1.807) is 24.3 Å². The highest BCUT2D eigenvalue weighted by Crippen LogP contribution is 2.22. The number of benzene rings is 3. The molecule has 3 aromatic rings. The van der Waals surface area contributed by atoms with Crippen LogP contribution >= 0.6 is 0 Å². The van der Waals surface area contributed by atoms with Crippen molar-refractivity contribution in [1.29, 1.82) is 0 Å². The van der Waals surface area contributed by atoms with Crippen molar-refractivity contribution in [1.82, 2.24) is 10.0 Å².